The van der Waals surface area contributed by atoms with Gasteiger partial charge in [-0.15, -0.1) is 25.2 Å². The van der Waals surface area contributed by atoms with Crippen LogP contribution in [-0.4, -0.2) is 124 Å². The molecule has 27 heavy (non-hydrogen) atoms. The first kappa shape index (κ1) is 42.5. The molecule has 0 bridgehead atoms. The molecule has 0 amide bonds. The standard InChI is InChI=1S/C10H14N2.3Ga.H4O4P.H3O4P.2H2O.4H/c1-3-7-11-9(5-1)10-6-2-4-8-12-10;;;;2*1-5(2,3)4;;;;;;/h1,3,5,10H,2,4,6-8H2;;;;1-4H;(H3,1,2,3,4);2*1H2;;;;/q-2;;;;+1;;;;;;;. The molecular weight excluding hydrogens is 579 g/mol. The number of hydrogen-bond donors (Lipinski definition) is 7. The van der Waals surface area contributed by atoms with Gasteiger partial charge in [-0.3, -0.25) is 0 Å². The Kier molecular flexibility index (Phi) is 34.9. The second-order valence-corrected chi connectivity index (χ2v) is 6.43. The van der Waals surface area contributed by atoms with E-state index in [1.54, 1.807) is 0 Å². The summed E-state index contributed by atoms with van der Waals surface area (Å²) in [5.41, 5.74) is 1.19. The topological polar surface area (TPSA) is 250 Å². The summed E-state index contributed by atoms with van der Waals surface area (Å²) >= 11 is 0. The Bertz CT molecular complexity index is 414. The maximum absolute atomic E-state index is 8.88. The Morgan fingerprint density at radius 1 is 1.04 bits per heavy atom. The van der Waals surface area contributed by atoms with Gasteiger partial charge in [0.25, 0.3) is 0 Å². The summed E-state index contributed by atoms with van der Waals surface area (Å²) in [4.78, 5) is 50.8. The van der Waals surface area contributed by atoms with Crippen LogP contribution in [0.3, 0.4) is 0 Å². The number of nitrogens with zero attached hydrogens (tertiary/aromatic N) is 2. The van der Waals surface area contributed by atoms with Gasteiger partial charge in [0, 0.05) is 19.8 Å². The Balaban J connectivity index is -0.0000000646. The molecule has 0 aromatic rings. The van der Waals surface area contributed by atoms with Crippen molar-refractivity contribution >= 4 is 75.4 Å². The van der Waals surface area contributed by atoms with Gasteiger partial charge in [0.1, 0.15) is 0 Å². The van der Waals surface area contributed by atoms with Crippen molar-refractivity contribution in [3.63, 3.8) is 0 Å². The van der Waals surface area contributed by atoms with E-state index in [-0.39, 0.29) is 70.3 Å². The molecule has 0 aliphatic carbocycles. The third-order valence-electron chi connectivity index (χ3n) is 2.36. The number of phosphoric acid groups is 1. The first-order chi connectivity index (χ1) is 9.97. The molecule has 5 radical (unpaired) electrons. The van der Waals surface area contributed by atoms with Crippen LogP contribution in [0.4, 0.5) is 0 Å². The van der Waals surface area contributed by atoms with Crippen LogP contribution in [0.5, 0.6) is 0 Å². The fraction of sp³-hybridized carbons (Fsp3) is 0.600. The average Bonchev–Trinajstić information content (AvgIpc) is 2.37. The Morgan fingerprint density at radius 3 is 1.78 bits per heavy atom. The van der Waals surface area contributed by atoms with Crippen LogP contribution in [0.25, 0.3) is 10.6 Å². The molecule has 11 N–H and O–H groups in total. The maximum Gasteiger partial charge on any atom is 0 e. The van der Waals surface area contributed by atoms with E-state index in [9.17, 15) is 0 Å². The molecule has 2 aliphatic heterocycles. The zero-order chi connectivity index (χ0) is 17.2. The van der Waals surface area contributed by atoms with Gasteiger partial charge in [0.05, 0.1) is 0 Å². The molecule has 0 aromatic heterocycles. The molecule has 17 heteroatoms. The van der Waals surface area contributed by atoms with Crippen LogP contribution in [0.15, 0.2) is 23.9 Å². The zero-order valence-electron chi connectivity index (χ0n) is 15.2. The van der Waals surface area contributed by atoms with Crippen molar-refractivity contribution in [3.8, 4) is 0 Å². The summed E-state index contributed by atoms with van der Waals surface area (Å²) in [7, 11) is -9.03. The molecular formula is C10H29Ga3N2O10P2-. The molecule has 1 saturated heterocycles. The van der Waals surface area contributed by atoms with Crippen molar-refractivity contribution in [2.45, 2.75) is 25.3 Å². The summed E-state index contributed by atoms with van der Waals surface area (Å²) < 4.78 is 8.88. The predicted octanol–water partition coefficient (Wildman–Crippen LogP) is -3.42. The smallest absolute Gasteiger partial charge is 0 e. The van der Waals surface area contributed by atoms with Gasteiger partial charge in [0.2, 0.25) is 0 Å². The van der Waals surface area contributed by atoms with Crippen molar-refractivity contribution in [2.24, 2.45) is 0 Å². The summed E-state index contributed by atoms with van der Waals surface area (Å²) in [5.74, 6) is 0. The van der Waals surface area contributed by atoms with Gasteiger partial charge in [-0.25, -0.2) is 4.57 Å². The van der Waals surface area contributed by atoms with Crippen LogP contribution < -0.4 is 0 Å². The zero-order valence-corrected chi connectivity index (χ0v) is 27.9. The van der Waals surface area contributed by atoms with Crippen LogP contribution in [0.2, 0.25) is 0 Å². The van der Waals surface area contributed by atoms with E-state index in [1.807, 2.05) is 0 Å². The predicted molar refractivity (Wildman–Crippen MR) is 111 cm³/mol. The molecule has 0 spiro atoms. The minimum absolute atomic E-state index is 0. The minimum Gasteiger partial charge on any atom is 0 e. The quantitative estimate of drug-likeness (QED) is 0.116. The van der Waals surface area contributed by atoms with Gasteiger partial charge in [0.15, 0.2) is 0 Å². The molecule has 1 atom stereocenters. The first-order valence-corrected chi connectivity index (χ1v) is 9.42. The number of rotatable bonds is 1. The second-order valence-electron chi connectivity index (χ2n) is 4.33. The van der Waals surface area contributed by atoms with E-state index in [1.165, 1.54) is 25.0 Å². The van der Waals surface area contributed by atoms with Crippen molar-refractivity contribution in [2.75, 3.05) is 13.1 Å². The van der Waals surface area contributed by atoms with Crippen molar-refractivity contribution in [1.29, 1.82) is 0 Å². The molecule has 2 rings (SSSR count). The van der Waals surface area contributed by atoms with Crippen LogP contribution in [-0.2, 0) is 4.57 Å². The summed E-state index contributed by atoms with van der Waals surface area (Å²) in [5, 5.41) is 8.99. The van der Waals surface area contributed by atoms with Crippen LogP contribution >= 0.6 is 16.0 Å². The molecule has 0 saturated carbocycles. The third kappa shape index (κ3) is 38.6. The summed E-state index contributed by atoms with van der Waals surface area (Å²) in [6.45, 7) is 1.87. The van der Waals surface area contributed by atoms with E-state index in [0.717, 1.165) is 13.1 Å². The molecule has 159 valence electrons. The van der Waals surface area contributed by atoms with Gasteiger partial charge in [-0.2, -0.15) is 25.3 Å². The number of allylic oxidation sites excluding steroid dienone is 2. The van der Waals surface area contributed by atoms with E-state index in [0.29, 0.717) is 6.04 Å². The average molecular weight is 608 g/mol. The van der Waals surface area contributed by atoms with Gasteiger partial charge >= 0.3 is 55.6 Å². The SMILES string of the molecule is C1=CC[N-]C(C2CCCC[N-]2)=C1.O.O.O=P(O)(O)O.O[P+](O)(O)O.[GaH2].[GaH2].[Ga]. The molecule has 2 aliphatic rings. The maximum atomic E-state index is 8.88. The fourth-order valence-corrected chi connectivity index (χ4v) is 1.68. The van der Waals surface area contributed by atoms with Crippen molar-refractivity contribution in [3.05, 3.63) is 34.6 Å². The minimum atomic E-state index is -4.64. The molecule has 2 heterocycles. The summed E-state index contributed by atoms with van der Waals surface area (Å²) in [6.07, 6.45) is 10.0. The van der Waals surface area contributed by atoms with Gasteiger partial charge in [-0.1, -0.05) is 31.4 Å². The van der Waals surface area contributed by atoms with E-state index >= 15 is 0 Å². The van der Waals surface area contributed by atoms with E-state index in [2.05, 4.69) is 28.9 Å². The molecule has 1 unspecified atom stereocenters. The Labute approximate surface area is 197 Å². The summed E-state index contributed by atoms with van der Waals surface area (Å²) in [6, 6.07) is 0.406. The largest absolute Gasteiger partial charge is 0 e. The second kappa shape index (κ2) is 22.1. The Morgan fingerprint density at radius 2 is 1.48 bits per heavy atom. The van der Waals surface area contributed by atoms with Crippen molar-refractivity contribution < 1.29 is 49.8 Å². The van der Waals surface area contributed by atoms with E-state index < -0.39 is 16.0 Å². The van der Waals surface area contributed by atoms with Crippen molar-refractivity contribution in [1.82, 2.24) is 0 Å². The fourth-order valence-electron chi connectivity index (χ4n) is 1.68. The molecule has 1 fully saturated rings. The number of piperidine rings is 1. The monoisotopic (exact) mass is 606 g/mol. The number of hydrogen-bond acceptors (Lipinski definition) is 5. The van der Waals surface area contributed by atoms with Crippen LogP contribution in [0.1, 0.15) is 19.3 Å². The van der Waals surface area contributed by atoms with Gasteiger partial charge in [-0.05, 0) is 0 Å². The third-order valence-corrected chi connectivity index (χ3v) is 2.36. The van der Waals surface area contributed by atoms with E-state index in [4.69, 9.17) is 38.8 Å². The van der Waals surface area contributed by atoms with Crippen LogP contribution in [0, 0.1) is 0 Å². The van der Waals surface area contributed by atoms with Gasteiger partial charge < -0.3 is 36.3 Å². The molecule has 12 nitrogen and oxygen atoms in total. The Hall–Kier alpha value is 1.45. The molecule has 0 aromatic carbocycles. The normalized spacial score (nSPS) is 17.4. The first-order valence-electron chi connectivity index (χ1n) is 6.26.